The second-order valence-electron chi connectivity index (χ2n) is 5.40. The lowest BCUT2D eigenvalue weighted by atomic mass is 9.99. The minimum absolute atomic E-state index is 0.138. The number of benzene rings is 2. The van der Waals surface area contributed by atoms with Crippen LogP contribution in [0.5, 0.6) is 0 Å². The molecule has 20 heavy (non-hydrogen) atoms. The van der Waals surface area contributed by atoms with Gasteiger partial charge in [-0.2, -0.15) is 5.10 Å². The van der Waals surface area contributed by atoms with Gasteiger partial charge in [-0.25, -0.2) is 5.10 Å². The Bertz CT molecular complexity index is 847. The molecule has 0 amide bonds. The fourth-order valence-corrected chi connectivity index (χ4v) is 2.67. The van der Waals surface area contributed by atoms with Gasteiger partial charge in [0.2, 0.25) is 0 Å². The molecule has 0 radical (unpaired) electrons. The summed E-state index contributed by atoms with van der Waals surface area (Å²) in [5.41, 5.74) is 3.62. The van der Waals surface area contributed by atoms with Gasteiger partial charge in [-0.3, -0.25) is 4.79 Å². The Morgan fingerprint density at radius 2 is 1.90 bits per heavy atom. The zero-order chi connectivity index (χ0) is 13.5. The van der Waals surface area contributed by atoms with Crippen LogP contribution in [0.4, 0.5) is 0 Å². The summed E-state index contributed by atoms with van der Waals surface area (Å²) in [6.07, 6.45) is 4.31. The molecule has 1 aromatic heterocycles. The number of H-pyrrole nitrogens is 1. The molecule has 1 aliphatic rings. The lowest BCUT2D eigenvalue weighted by Gasteiger charge is -2.06. The van der Waals surface area contributed by atoms with Crippen LogP contribution in [0.3, 0.4) is 0 Å². The molecule has 3 nitrogen and oxygen atoms in total. The number of nitrogens with one attached hydrogen (secondary N) is 1. The zero-order valence-corrected chi connectivity index (χ0v) is 11.0. The average molecular weight is 262 g/mol. The predicted molar refractivity (Wildman–Crippen MR) is 79.8 cm³/mol. The highest BCUT2D eigenvalue weighted by molar-refractivity contribution is 5.85. The highest BCUT2D eigenvalue weighted by atomic mass is 16.1. The van der Waals surface area contributed by atoms with Crippen molar-refractivity contribution in [2.24, 2.45) is 0 Å². The van der Waals surface area contributed by atoms with E-state index >= 15 is 0 Å². The summed E-state index contributed by atoms with van der Waals surface area (Å²) in [5, 5.41) is 7.89. The van der Waals surface area contributed by atoms with Crippen molar-refractivity contribution in [1.82, 2.24) is 10.2 Å². The highest BCUT2D eigenvalue weighted by Gasteiger charge is 2.23. The third-order valence-corrected chi connectivity index (χ3v) is 3.93. The number of fused-ring (bicyclic) bond motifs is 1. The number of rotatable bonds is 2. The fraction of sp³-hybridized carbons (Fsp3) is 0.176. The lowest BCUT2D eigenvalue weighted by molar-refractivity contribution is 1.01. The third-order valence-electron chi connectivity index (χ3n) is 3.93. The first-order chi connectivity index (χ1) is 9.81. The first-order valence-corrected chi connectivity index (χ1v) is 6.89. The first-order valence-electron chi connectivity index (χ1n) is 6.89. The summed E-state index contributed by atoms with van der Waals surface area (Å²) in [7, 11) is 0. The monoisotopic (exact) mass is 262 g/mol. The Balaban J connectivity index is 1.85. The van der Waals surface area contributed by atoms with E-state index in [0.717, 1.165) is 16.9 Å². The fourth-order valence-electron chi connectivity index (χ4n) is 2.67. The van der Waals surface area contributed by atoms with Gasteiger partial charge in [-0.05, 0) is 47.6 Å². The Morgan fingerprint density at radius 1 is 1.05 bits per heavy atom. The molecule has 1 heterocycles. The van der Waals surface area contributed by atoms with Crippen LogP contribution >= 0.6 is 0 Å². The van der Waals surface area contributed by atoms with Crippen molar-refractivity contribution in [3.8, 4) is 11.1 Å². The maximum Gasteiger partial charge on any atom is 0.272 e. The van der Waals surface area contributed by atoms with Crippen LogP contribution in [0.15, 0.2) is 53.5 Å². The van der Waals surface area contributed by atoms with Crippen molar-refractivity contribution in [1.29, 1.82) is 0 Å². The van der Waals surface area contributed by atoms with E-state index in [1.54, 1.807) is 6.20 Å². The van der Waals surface area contributed by atoms with Gasteiger partial charge < -0.3 is 0 Å². The molecule has 4 rings (SSSR count). The van der Waals surface area contributed by atoms with Crippen LogP contribution < -0.4 is 5.56 Å². The molecule has 0 saturated heterocycles. The third kappa shape index (κ3) is 1.92. The molecule has 2 aromatic carbocycles. The van der Waals surface area contributed by atoms with Crippen LogP contribution in [-0.2, 0) is 0 Å². The minimum atomic E-state index is -0.138. The molecule has 1 saturated carbocycles. The van der Waals surface area contributed by atoms with Gasteiger partial charge in [0.25, 0.3) is 5.56 Å². The van der Waals surface area contributed by atoms with Crippen LogP contribution in [0, 0.1) is 0 Å². The Morgan fingerprint density at radius 3 is 2.75 bits per heavy atom. The maximum atomic E-state index is 11.7. The van der Waals surface area contributed by atoms with Gasteiger partial charge in [-0.1, -0.05) is 30.3 Å². The molecule has 1 N–H and O–H groups in total. The summed E-state index contributed by atoms with van der Waals surface area (Å²) in [6.45, 7) is 0. The van der Waals surface area contributed by atoms with Gasteiger partial charge in [0.05, 0.1) is 11.6 Å². The molecule has 3 heteroatoms. The van der Waals surface area contributed by atoms with Crippen molar-refractivity contribution >= 4 is 10.8 Å². The van der Waals surface area contributed by atoms with Crippen molar-refractivity contribution in [2.75, 3.05) is 0 Å². The normalized spacial score (nSPS) is 14.6. The molecular weight excluding hydrogens is 248 g/mol. The van der Waals surface area contributed by atoms with E-state index in [4.69, 9.17) is 0 Å². The number of hydrogen-bond donors (Lipinski definition) is 1. The summed E-state index contributed by atoms with van der Waals surface area (Å²) in [5.74, 6) is 0.750. The van der Waals surface area contributed by atoms with E-state index in [1.165, 1.54) is 24.0 Å². The van der Waals surface area contributed by atoms with E-state index in [-0.39, 0.29) is 5.56 Å². The standard InChI is InChI=1S/C17H14N2O/c20-17-16-7-6-14(9-15(16)10-18-19-17)13-3-1-2-12(8-13)11-4-5-11/h1-3,6-11H,4-5H2,(H,19,20). The second-order valence-corrected chi connectivity index (χ2v) is 5.40. The van der Waals surface area contributed by atoms with Gasteiger partial charge in [0.1, 0.15) is 0 Å². The maximum absolute atomic E-state index is 11.7. The molecule has 3 aromatic rings. The van der Waals surface area contributed by atoms with Crippen molar-refractivity contribution < 1.29 is 0 Å². The van der Waals surface area contributed by atoms with Crippen LogP contribution in [0.2, 0.25) is 0 Å². The number of nitrogens with zero attached hydrogens (tertiary/aromatic N) is 1. The smallest absolute Gasteiger partial charge is 0.267 e. The van der Waals surface area contributed by atoms with Gasteiger partial charge >= 0.3 is 0 Å². The molecule has 98 valence electrons. The topological polar surface area (TPSA) is 45.8 Å². The number of hydrogen-bond acceptors (Lipinski definition) is 2. The van der Waals surface area contributed by atoms with Crippen molar-refractivity contribution in [2.45, 2.75) is 18.8 Å². The van der Waals surface area contributed by atoms with Crippen LogP contribution in [0.1, 0.15) is 24.3 Å². The molecule has 0 atom stereocenters. The molecule has 1 aliphatic carbocycles. The second kappa shape index (κ2) is 4.30. The van der Waals surface area contributed by atoms with E-state index in [9.17, 15) is 4.79 Å². The molecule has 0 unspecified atom stereocenters. The minimum Gasteiger partial charge on any atom is -0.267 e. The lowest BCUT2D eigenvalue weighted by Crippen LogP contribution is -2.06. The molecule has 0 aliphatic heterocycles. The Kier molecular flexibility index (Phi) is 2.46. The van der Waals surface area contributed by atoms with Crippen LogP contribution in [0.25, 0.3) is 21.9 Å². The van der Waals surface area contributed by atoms with Gasteiger partial charge in [0, 0.05) is 5.39 Å². The summed E-state index contributed by atoms with van der Waals surface area (Å²) >= 11 is 0. The van der Waals surface area contributed by atoms with Crippen molar-refractivity contribution in [3.05, 3.63) is 64.6 Å². The summed E-state index contributed by atoms with van der Waals surface area (Å²) in [6, 6.07) is 14.6. The van der Waals surface area contributed by atoms with Gasteiger partial charge in [0.15, 0.2) is 0 Å². The summed E-state index contributed by atoms with van der Waals surface area (Å²) in [4.78, 5) is 11.7. The van der Waals surface area contributed by atoms with Crippen molar-refractivity contribution in [3.63, 3.8) is 0 Å². The quantitative estimate of drug-likeness (QED) is 0.768. The Labute approximate surface area is 116 Å². The largest absolute Gasteiger partial charge is 0.272 e. The zero-order valence-electron chi connectivity index (χ0n) is 11.0. The highest BCUT2D eigenvalue weighted by Crippen LogP contribution is 2.41. The predicted octanol–water partition coefficient (Wildman–Crippen LogP) is 3.47. The van der Waals surface area contributed by atoms with E-state index in [1.807, 2.05) is 18.2 Å². The molecule has 0 bridgehead atoms. The Hall–Kier alpha value is -2.42. The summed E-state index contributed by atoms with van der Waals surface area (Å²) < 4.78 is 0. The van der Waals surface area contributed by atoms with E-state index < -0.39 is 0 Å². The van der Waals surface area contributed by atoms with E-state index in [0.29, 0.717) is 5.39 Å². The molecular formula is C17H14N2O. The van der Waals surface area contributed by atoms with Crippen LogP contribution in [-0.4, -0.2) is 10.2 Å². The van der Waals surface area contributed by atoms with Gasteiger partial charge in [-0.15, -0.1) is 0 Å². The molecule has 1 fully saturated rings. The SMILES string of the molecule is O=c1[nH]ncc2cc(-c3cccc(C4CC4)c3)ccc12. The number of aromatic nitrogens is 2. The average Bonchev–Trinajstić information content (AvgIpc) is 3.32. The molecule has 0 spiro atoms. The first kappa shape index (κ1) is 11.4. The van der Waals surface area contributed by atoms with E-state index in [2.05, 4.69) is 34.5 Å². The number of aromatic amines is 1.